The number of amides is 1. The van der Waals surface area contributed by atoms with Crippen molar-refractivity contribution in [2.45, 2.75) is 6.92 Å². The summed E-state index contributed by atoms with van der Waals surface area (Å²) in [5.74, 6) is 1.43. The third kappa shape index (κ3) is 3.46. The Bertz CT molecular complexity index is 1280. The molecule has 158 valence electrons. The lowest BCUT2D eigenvalue weighted by atomic mass is 10.2. The number of fused-ring (bicyclic) bond motifs is 3. The summed E-state index contributed by atoms with van der Waals surface area (Å²) >= 11 is 6.39. The zero-order valence-corrected chi connectivity index (χ0v) is 17.5. The van der Waals surface area contributed by atoms with Gasteiger partial charge >= 0.3 is 6.09 Å². The van der Waals surface area contributed by atoms with Crippen molar-refractivity contribution in [3.63, 3.8) is 0 Å². The number of nitrogens with zero attached hydrogens (tertiary/aromatic N) is 6. The Morgan fingerprint density at radius 2 is 1.94 bits per heavy atom. The van der Waals surface area contributed by atoms with Crippen molar-refractivity contribution in [2.75, 3.05) is 36.4 Å². The van der Waals surface area contributed by atoms with Gasteiger partial charge in [-0.1, -0.05) is 23.7 Å². The molecule has 9 nitrogen and oxygen atoms in total. The number of carboxylic acid groups (broad SMARTS) is 1. The largest absolute Gasteiger partial charge is 0.465 e. The highest BCUT2D eigenvalue weighted by molar-refractivity contribution is 6.33. The van der Waals surface area contributed by atoms with Gasteiger partial charge in [-0.05, 0) is 30.7 Å². The lowest BCUT2D eigenvalue weighted by Gasteiger charge is -2.33. The molecular weight excluding hydrogens is 418 g/mol. The number of hydrogen-bond acceptors (Lipinski definition) is 6. The molecule has 1 saturated heterocycles. The van der Waals surface area contributed by atoms with Crippen LogP contribution in [-0.4, -0.2) is 61.6 Å². The Morgan fingerprint density at radius 1 is 1.13 bits per heavy atom. The van der Waals surface area contributed by atoms with E-state index in [0.29, 0.717) is 48.2 Å². The topological polar surface area (TPSA) is 98.9 Å². The van der Waals surface area contributed by atoms with Crippen molar-refractivity contribution < 1.29 is 9.90 Å². The molecule has 0 saturated carbocycles. The second-order valence-corrected chi connectivity index (χ2v) is 7.84. The van der Waals surface area contributed by atoms with Crippen LogP contribution in [-0.2, 0) is 0 Å². The molecule has 0 spiro atoms. The van der Waals surface area contributed by atoms with E-state index in [1.165, 1.54) is 4.90 Å². The van der Waals surface area contributed by atoms with Gasteiger partial charge in [0.15, 0.2) is 11.5 Å². The number of nitrogens with one attached hydrogen (secondary N) is 1. The number of aromatic nitrogens is 4. The molecule has 0 radical (unpaired) electrons. The van der Waals surface area contributed by atoms with Gasteiger partial charge in [0, 0.05) is 26.2 Å². The molecule has 0 unspecified atom stereocenters. The molecule has 4 aromatic rings. The van der Waals surface area contributed by atoms with E-state index in [0.717, 1.165) is 22.6 Å². The number of aryl methyl sites for hydroxylation is 1. The van der Waals surface area contributed by atoms with Crippen LogP contribution in [0.1, 0.15) is 5.56 Å². The van der Waals surface area contributed by atoms with Crippen molar-refractivity contribution in [1.29, 1.82) is 0 Å². The smallest absolute Gasteiger partial charge is 0.407 e. The van der Waals surface area contributed by atoms with E-state index in [9.17, 15) is 4.79 Å². The maximum absolute atomic E-state index is 11.2. The molecule has 1 amide bonds. The zero-order chi connectivity index (χ0) is 21.5. The maximum Gasteiger partial charge on any atom is 0.407 e. The first-order valence-electron chi connectivity index (χ1n) is 9.89. The van der Waals surface area contributed by atoms with Crippen LogP contribution in [0.2, 0.25) is 5.02 Å². The van der Waals surface area contributed by atoms with E-state index in [2.05, 4.69) is 15.2 Å². The summed E-state index contributed by atoms with van der Waals surface area (Å²) in [4.78, 5) is 28.5. The van der Waals surface area contributed by atoms with Gasteiger partial charge < -0.3 is 20.2 Å². The summed E-state index contributed by atoms with van der Waals surface area (Å²) in [7, 11) is 0. The fourth-order valence-electron chi connectivity index (χ4n) is 3.82. The molecule has 5 rings (SSSR count). The molecule has 1 aromatic carbocycles. The monoisotopic (exact) mass is 437 g/mol. The van der Waals surface area contributed by atoms with Crippen LogP contribution in [0.3, 0.4) is 0 Å². The number of para-hydroxylation sites is 1. The molecule has 31 heavy (non-hydrogen) atoms. The maximum atomic E-state index is 11.2. The van der Waals surface area contributed by atoms with Gasteiger partial charge in [0.05, 0.1) is 16.9 Å². The average Bonchev–Trinajstić information content (AvgIpc) is 3.27. The predicted molar refractivity (Wildman–Crippen MR) is 120 cm³/mol. The van der Waals surface area contributed by atoms with Gasteiger partial charge in [0.2, 0.25) is 0 Å². The summed E-state index contributed by atoms with van der Waals surface area (Å²) in [5.41, 5.74) is 4.01. The van der Waals surface area contributed by atoms with E-state index in [4.69, 9.17) is 26.7 Å². The third-order valence-corrected chi connectivity index (χ3v) is 5.84. The zero-order valence-electron chi connectivity index (χ0n) is 16.8. The van der Waals surface area contributed by atoms with Crippen molar-refractivity contribution in [2.24, 2.45) is 0 Å². The van der Waals surface area contributed by atoms with Crippen LogP contribution in [0, 0.1) is 6.92 Å². The molecule has 1 fully saturated rings. The van der Waals surface area contributed by atoms with Gasteiger partial charge in [-0.15, -0.1) is 0 Å². The van der Waals surface area contributed by atoms with E-state index < -0.39 is 6.09 Å². The van der Waals surface area contributed by atoms with E-state index >= 15 is 0 Å². The molecule has 1 aliphatic rings. The fourth-order valence-corrected chi connectivity index (χ4v) is 4.08. The molecule has 1 aliphatic heterocycles. The standard InChI is InChI=1S/C21H20ClN7O2/c1-13-3-2-4-14(22)18(13)26-19-16-11-23-12-29(16)20-15(24-19)5-6-17(25-20)27-7-9-28(10-8-27)21(30)31/h2-6,11-12H,7-10H2,1H3,(H,24,26)(H,30,31). The van der Waals surface area contributed by atoms with Crippen LogP contribution >= 0.6 is 11.6 Å². The van der Waals surface area contributed by atoms with Crippen LogP contribution < -0.4 is 10.2 Å². The quantitative estimate of drug-likeness (QED) is 0.503. The molecule has 0 bridgehead atoms. The Labute approximate surface area is 182 Å². The summed E-state index contributed by atoms with van der Waals surface area (Å²) in [5, 5.41) is 13.1. The number of pyridine rings is 1. The Hall–Kier alpha value is -3.59. The molecule has 4 heterocycles. The van der Waals surface area contributed by atoms with Gasteiger partial charge in [-0.2, -0.15) is 0 Å². The van der Waals surface area contributed by atoms with Crippen LogP contribution in [0.4, 0.5) is 22.1 Å². The average molecular weight is 438 g/mol. The second-order valence-electron chi connectivity index (χ2n) is 7.43. The lowest BCUT2D eigenvalue weighted by molar-refractivity contribution is 0.142. The minimum Gasteiger partial charge on any atom is -0.465 e. The number of carbonyl (C=O) groups is 1. The molecule has 0 aliphatic carbocycles. The minimum atomic E-state index is -0.885. The van der Waals surface area contributed by atoms with Crippen molar-refractivity contribution in [3.8, 4) is 0 Å². The number of halogens is 1. The Balaban J connectivity index is 1.53. The van der Waals surface area contributed by atoms with Gasteiger partial charge in [-0.3, -0.25) is 4.40 Å². The number of anilines is 3. The van der Waals surface area contributed by atoms with Crippen LogP contribution in [0.15, 0.2) is 42.9 Å². The first kappa shape index (κ1) is 19.4. The van der Waals surface area contributed by atoms with Gasteiger partial charge in [0.1, 0.15) is 23.2 Å². The SMILES string of the molecule is Cc1cccc(Cl)c1Nc1nc2ccc(N3CCN(C(=O)O)CC3)nc2n2cncc12. The van der Waals surface area contributed by atoms with E-state index in [1.54, 1.807) is 12.5 Å². The number of benzene rings is 1. The molecule has 0 atom stereocenters. The normalized spacial score (nSPS) is 14.4. The first-order chi connectivity index (χ1) is 15.0. The summed E-state index contributed by atoms with van der Waals surface area (Å²) in [6.45, 7) is 4.08. The van der Waals surface area contributed by atoms with Crippen molar-refractivity contribution >= 4 is 51.7 Å². The summed E-state index contributed by atoms with van der Waals surface area (Å²) < 4.78 is 1.90. The van der Waals surface area contributed by atoms with Crippen LogP contribution in [0.5, 0.6) is 0 Å². The first-order valence-corrected chi connectivity index (χ1v) is 10.3. The molecular formula is C21H20ClN7O2. The highest BCUT2D eigenvalue weighted by atomic mass is 35.5. The summed E-state index contributed by atoms with van der Waals surface area (Å²) in [6, 6.07) is 9.57. The predicted octanol–water partition coefficient (Wildman–Crippen LogP) is 3.78. The van der Waals surface area contributed by atoms with E-state index in [1.807, 2.05) is 41.7 Å². The van der Waals surface area contributed by atoms with Gasteiger partial charge in [-0.25, -0.2) is 19.7 Å². The Morgan fingerprint density at radius 3 is 2.68 bits per heavy atom. The van der Waals surface area contributed by atoms with Crippen LogP contribution in [0.25, 0.3) is 16.7 Å². The number of piperazine rings is 1. The molecule has 2 N–H and O–H groups in total. The molecule has 10 heteroatoms. The van der Waals surface area contributed by atoms with E-state index in [-0.39, 0.29) is 0 Å². The Kier molecular flexibility index (Phi) is 4.74. The summed E-state index contributed by atoms with van der Waals surface area (Å²) in [6.07, 6.45) is 2.56. The minimum absolute atomic E-state index is 0.452. The number of imidazole rings is 1. The lowest BCUT2D eigenvalue weighted by Crippen LogP contribution is -2.48. The molecule has 3 aromatic heterocycles. The number of hydrogen-bond donors (Lipinski definition) is 2. The highest BCUT2D eigenvalue weighted by Gasteiger charge is 2.22. The van der Waals surface area contributed by atoms with Crippen molar-refractivity contribution in [3.05, 3.63) is 53.4 Å². The third-order valence-electron chi connectivity index (χ3n) is 5.52. The second kappa shape index (κ2) is 7.59. The number of rotatable bonds is 3. The van der Waals surface area contributed by atoms with Gasteiger partial charge in [0.25, 0.3) is 0 Å². The fraction of sp³-hybridized carbons (Fsp3) is 0.238. The highest BCUT2D eigenvalue weighted by Crippen LogP contribution is 2.31. The van der Waals surface area contributed by atoms with Crippen molar-refractivity contribution in [1.82, 2.24) is 24.3 Å².